The molecule has 1 aliphatic rings. The number of hydrogen-bond donors (Lipinski definition) is 1. The first-order valence-electron chi connectivity index (χ1n) is 12.3. The van der Waals surface area contributed by atoms with E-state index in [1.807, 2.05) is 42.5 Å². The lowest BCUT2D eigenvalue weighted by Crippen LogP contribution is -2.29. The highest BCUT2D eigenvalue weighted by Gasteiger charge is 2.46. The number of Topliss-reactive ketones (excluding diaryl/α,β-unsaturated/α-hetero) is 1. The maximum absolute atomic E-state index is 13.5. The largest absolute Gasteiger partial charge is 0.507 e. The first-order valence-corrected chi connectivity index (χ1v) is 12.3. The summed E-state index contributed by atoms with van der Waals surface area (Å²) >= 11 is 0. The average molecular weight is 516 g/mol. The van der Waals surface area contributed by atoms with Gasteiger partial charge in [-0.2, -0.15) is 0 Å². The van der Waals surface area contributed by atoms with Crippen LogP contribution in [-0.4, -0.2) is 43.0 Å². The first-order chi connectivity index (χ1) is 18.1. The molecule has 3 aromatic rings. The number of para-hydroxylation sites is 1. The van der Waals surface area contributed by atoms with Crippen molar-refractivity contribution >= 4 is 17.4 Å². The Kier molecular flexibility index (Phi) is 7.49. The summed E-state index contributed by atoms with van der Waals surface area (Å²) < 4.78 is 16.2. The van der Waals surface area contributed by atoms with Gasteiger partial charge in [0.2, 0.25) is 0 Å². The van der Waals surface area contributed by atoms with Crippen LogP contribution in [0.2, 0.25) is 0 Å². The summed E-state index contributed by atoms with van der Waals surface area (Å²) in [7, 11) is 4.55. The van der Waals surface area contributed by atoms with E-state index in [0.717, 1.165) is 11.1 Å². The van der Waals surface area contributed by atoms with Crippen molar-refractivity contribution in [2.45, 2.75) is 38.8 Å². The molecule has 1 fully saturated rings. The van der Waals surface area contributed by atoms with Gasteiger partial charge in [-0.1, -0.05) is 63.2 Å². The number of aliphatic hydroxyl groups excluding tert-OH is 1. The van der Waals surface area contributed by atoms with E-state index < -0.39 is 17.7 Å². The third kappa shape index (κ3) is 4.96. The molecule has 1 amide bonds. The van der Waals surface area contributed by atoms with Crippen LogP contribution in [0.4, 0.5) is 0 Å². The highest BCUT2D eigenvalue weighted by Crippen LogP contribution is 2.43. The van der Waals surface area contributed by atoms with Crippen molar-refractivity contribution in [1.29, 1.82) is 0 Å². The second-order valence-corrected chi connectivity index (χ2v) is 10.2. The molecule has 0 saturated carbocycles. The van der Waals surface area contributed by atoms with E-state index in [0.29, 0.717) is 28.4 Å². The van der Waals surface area contributed by atoms with Crippen molar-refractivity contribution in [2.24, 2.45) is 0 Å². The number of ketones is 1. The number of carbonyl (C=O) groups excluding carboxylic acids is 2. The van der Waals surface area contributed by atoms with Crippen LogP contribution in [0, 0.1) is 0 Å². The van der Waals surface area contributed by atoms with Crippen LogP contribution in [0.15, 0.2) is 72.3 Å². The molecule has 1 unspecified atom stereocenters. The summed E-state index contributed by atoms with van der Waals surface area (Å²) in [5, 5.41) is 11.5. The number of amides is 1. The van der Waals surface area contributed by atoms with E-state index in [2.05, 4.69) is 20.8 Å². The molecule has 1 heterocycles. The zero-order valence-corrected chi connectivity index (χ0v) is 22.6. The second-order valence-electron chi connectivity index (χ2n) is 10.2. The number of methoxy groups -OCH3 is 3. The van der Waals surface area contributed by atoms with Gasteiger partial charge in [-0.05, 0) is 34.7 Å². The molecule has 3 aromatic carbocycles. The van der Waals surface area contributed by atoms with E-state index >= 15 is 0 Å². The minimum atomic E-state index is -0.819. The van der Waals surface area contributed by atoms with Gasteiger partial charge in [0, 0.05) is 11.6 Å². The Morgan fingerprint density at radius 3 is 2.13 bits per heavy atom. The van der Waals surface area contributed by atoms with Crippen LogP contribution in [0.3, 0.4) is 0 Å². The molecule has 7 nitrogen and oxygen atoms in total. The van der Waals surface area contributed by atoms with Crippen LogP contribution < -0.4 is 14.2 Å². The maximum Gasteiger partial charge on any atom is 0.295 e. The predicted molar refractivity (Wildman–Crippen MR) is 146 cm³/mol. The fourth-order valence-electron chi connectivity index (χ4n) is 4.71. The van der Waals surface area contributed by atoms with Crippen molar-refractivity contribution < 1.29 is 28.9 Å². The monoisotopic (exact) mass is 515 g/mol. The highest BCUT2D eigenvalue weighted by atomic mass is 16.5. The van der Waals surface area contributed by atoms with Gasteiger partial charge >= 0.3 is 0 Å². The smallest absolute Gasteiger partial charge is 0.295 e. The van der Waals surface area contributed by atoms with Gasteiger partial charge in [0.1, 0.15) is 23.0 Å². The number of nitrogens with zero attached hydrogens (tertiary/aromatic N) is 1. The Morgan fingerprint density at radius 2 is 1.53 bits per heavy atom. The highest BCUT2D eigenvalue weighted by molar-refractivity contribution is 6.46. The summed E-state index contributed by atoms with van der Waals surface area (Å²) in [6.07, 6.45) is 0. The minimum absolute atomic E-state index is 0.00289. The Balaban J connectivity index is 1.90. The predicted octanol–water partition coefficient (Wildman–Crippen LogP) is 5.63. The van der Waals surface area contributed by atoms with Gasteiger partial charge in [0.15, 0.2) is 0 Å². The molecule has 7 heteroatoms. The standard InChI is InChI=1S/C31H33NO6/c1-31(2,3)21-13-11-19(12-14-21)27-26(28(33)23-16-15-22(36-4)17-25(23)38-6)29(34)30(35)32(27)18-20-9-7-8-10-24(20)37-5/h7-17,27,33H,18H2,1-6H3/b28-26-. The molecule has 0 aliphatic carbocycles. The van der Waals surface area contributed by atoms with Crippen LogP contribution in [-0.2, 0) is 21.5 Å². The summed E-state index contributed by atoms with van der Waals surface area (Å²) in [5.41, 5.74) is 2.78. The Morgan fingerprint density at radius 1 is 0.868 bits per heavy atom. The number of aliphatic hydroxyl groups is 1. The average Bonchev–Trinajstić information content (AvgIpc) is 3.17. The SMILES string of the molecule is COc1ccc(/C(O)=C2/C(=O)C(=O)N(Cc3ccccc3OC)C2c2ccc(C(C)(C)C)cc2)c(OC)c1. The quantitative estimate of drug-likeness (QED) is 0.249. The van der Waals surface area contributed by atoms with Gasteiger partial charge in [0.05, 0.1) is 45.1 Å². The van der Waals surface area contributed by atoms with Crippen LogP contribution in [0.1, 0.15) is 49.1 Å². The van der Waals surface area contributed by atoms with Gasteiger partial charge < -0.3 is 24.2 Å². The normalized spacial score (nSPS) is 17.0. The second kappa shape index (κ2) is 10.6. The molecule has 4 rings (SSSR count). The van der Waals surface area contributed by atoms with Crippen molar-refractivity contribution in [3.05, 3.63) is 94.6 Å². The zero-order chi connectivity index (χ0) is 27.6. The maximum atomic E-state index is 13.5. The van der Waals surface area contributed by atoms with Gasteiger partial charge in [0.25, 0.3) is 11.7 Å². The Bertz CT molecular complexity index is 1380. The van der Waals surface area contributed by atoms with Gasteiger partial charge in [-0.25, -0.2) is 0 Å². The molecule has 0 spiro atoms. The molecular formula is C31H33NO6. The number of hydrogen-bond acceptors (Lipinski definition) is 6. The molecule has 0 radical (unpaired) electrons. The molecule has 1 aliphatic heterocycles. The van der Waals surface area contributed by atoms with Crippen molar-refractivity contribution in [3.8, 4) is 17.2 Å². The topological polar surface area (TPSA) is 85.3 Å². The molecule has 1 N–H and O–H groups in total. The number of ether oxygens (including phenoxy) is 3. The first kappa shape index (κ1) is 26.8. The molecule has 1 saturated heterocycles. The summed E-state index contributed by atoms with van der Waals surface area (Å²) in [4.78, 5) is 28.4. The van der Waals surface area contributed by atoms with E-state index in [-0.39, 0.29) is 23.3 Å². The lowest BCUT2D eigenvalue weighted by atomic mass is 9.85. The summed E-state index contributed by atoms with van der Waals surface area (Å²) in [6.45, 7) is 6.47. The molecule has 1 atom stereocenters. The van der Waals surface area contributed by atoms with Crippen molar-refractivity contribution in [1.82, 2.24) is 4.90 Å². The number of rotatable bonds is 7. The van der Waals surface area contributed by atoms with Crippen LogP contribution in [0.5, 0.6) is 17.2 Å². The van der Waals surface area contributed by atoms with E-state index in [9.17, 15) is 14.7 Å². The number of benzene rings is 3. The summed E-state index contributed by atoms with van der Waals surface area (Å²) in [5.74, 6) is -0.317. The minimum Gasteiger partial charge on any atom is -0.507 e. The van der Waals surface area contributed by atoms with E-state index in [1.54, 1.807) is 31.4 Å². The van der Waals surface area contributed by atoms with Gasteiger partial charge in [-0.3, -0.25) is 9.59 Å². The zero-order valence-electron chi connectivity index (χ0n) is 22.6. The molecule has 0 bridgehead atoms. The fourth-order valence-corrected chi connectivity index (χ4v) is 4.71. The number of carbonyl (C=O) groups is 2. The molecule has 0 aromatic heterocycles. The lowest BCUT2D eigenvalue weighted by Gasteiger charge is -2.27. The van der Waals surface area contributed by atoms with Gasteiger partial charge in [-0.15, -0.1) is 0 Å². The van der Waals surface area contributed by atoms with Crippen molar-refractivity contribution in [3.63, 3.8) is 0 Å². The fraction of sp³-hybridized carbons (Fsp3) is 0.290. The molecule has 38 heavy (non-hydrogen) atoms. The molecular weight excluding hydrogens is 482 g/mol. The Hall–Kier alpha value is -4.26. The lowest BCUT2D eigenvalue weighted by molar-refractivity contribution is -0.140. The van der Waals surface area contributed by atoms with Crippen molar-refractivity contribution in [2.75, 3.05) is 21.3 Å². The van der Waals surface area contributed by atoms with E-state index in [1.165, 1.54) is 19.1 Å². The number of likely N-dealkylation sites (tertiary alicyclic amines) is 1. The Labute approximate surface area is 223 Å². The third-order valence-corrected chi connectivity index (χ3v) is 6.83. The van der Waals surface area contributed by atoms with Crippen LogP contribution in [0.25, 0.3) is 5.76 Å². The van der Waals surface area contributed by atoms with E-state index in [4.69, 9.17) is 14.2 Å². The van der Waals surface area contributed by atoms with Crippen LogP contribution >= 0.6 is 0 Å². The third-order valence-electron chi connectivity index (χ3n) is 6.83. The summed E-state index contributed by atoms with van der Waals surface area (Å²) in [6, 6.07) is 19.2. The molecule has 198 valence electrons.